The Morgan fingerprint density at radius 2 is 1.93 bits per heavy atom. The number of hydrogen-bond donors (Lipinski definition) is 0. The maximum absolute atomic E-state index is 4.19. The first-order valence-electron chi connectivity index (χ1n) is 5.34. The summed E-state index contributed by atoms with van der Waals surface area (Å²) in [7, 11) is 0. The molecule has 15 heavy (non-hydrogen) atoms. The van der Waals surface area contributed by atoms with E-state index >= 15 is 0 Å². The molecule has 74 valence electrons. The Bertz CT molecular complexity index is 514. The standard InChI is InChI=1S/C14H13N/c1-10-3-2-4-12-7-13-9-15-6-5-11(13)8-14(10)12/h2-6,9H,7-8H2,1H3. The second-order valence-corrected chi connectivity index (χ2v) is 4.21. The van der Waals surface area contributed by atoms with Gasteiger partial charge in [-0.15, -0.1) is 0 Å². The Labute approximate surface area is 89.8 Å². The van der Waals surface area contributed by atoms with Crippen LogP contribution in [0.2, 0.25) is 0 Å². The third-order valence-corrected chi connectivity index (χ3v) is 3.26. The molecule has 1 aromatic carbocycles. The van der Waals surface area contributed by atoms with Gasteiger partial charge < -0.3 is 0 Å². The molecule has 0 aliphatic heterocycles. The number of fused-ring (bicyclic) bond motifs is 2. The van der Waals surface area contributed by atoms with E-state index in [0.717, 1.165) is 12.8 Å². The van der Waals surface area contributed by atoms with Crippen LogP contribution in [0, 0.1) is 6.92 Å². The molecule has 0 bridgehead atoms. The zero-order valence-electron chi connectivity index (χ0n) is 8.83. The van der Waals surface area contributed by atoms with Gasteiger partial charge in [-0.2, -0.15) is 0 Å². The van der Waals surface area contributed by atoms with Gasteiger partial charge in [0.05, 0.1) is 0 Å². The molecule has 1 heteroatoms. The van der Waals surface area contributed by atoms with E-state index in [4.69, 9.17) is 0 Å². The van der Waals surface area contributed by atoms with Gasteiger partial charge in [-0.05, 0) is 53.6 Å². The van der Waals surface area contributed by atoms with E-state index in [-0.39, 0.29) is 0 Å². The Morgan fingerprint density at radius 1 is 1.00 bits per heavy atom. The molecule has 0 atom stereocenters. The summed E-state index contributed by atoms with van der Waals surface area (Å²) >= 11 is 0. The number of hydrogen-bond acceptors (Lipinski definition) is 1. The van der Waals surface area contributed by atoms with Gasteiger partial charge in [0, 0.05) is 12.4 Å². The SMILES string of the molecule is Cc1cccc2c1Cc1ccncc1C2. The van der Waals surface area contributed by atoms with Crippen LogP contribution in [0.5, 0.6) is 0 Å². The number of benzene rings is 1. The molecule has 1 nitrogen and oxygen atoms in total. The van der Waals surface area contributed by atoms with Gasteiger partial charge in [0.25, 0.3) is 0 Å². The molecule has 0 amide bonds. The Balaban J connectivity index is 2.15. The van der Waals surface area contributed by atoms with Crippen molar-refractivity contribution in [2.75, 3.05) is 0 Å². The van der Waals surface area contributed by atoms with E-state index in [0.29, 0.717) is 0 Å². The van der Waals surface area contributed by atoms with Crippen molar-refractivity contribution in [3.8, 4) is 0 Å². The molecule has 0 unspecified atom stereocenters. The van der Waals surface area contributed by atoms with E-state index < -0.39 is 0 Å². The molecule has 1 aliphatic rings. The molecule has 3 rings (SSSR count). The van der Waals surface area contributed by atoms with Crippen LogP contribution in [-0.2, 0) is 12.8 Å². The van der Waals surface area contributed by atoms with Crippen molar-refractivity contribution in [3.63, 3.8) is 0 Å². The average molecular weight is 195 g/mol. The van der Waals surface area contributed by atoms with Crippen LogP contribution in [0.3, 0.4) is 0 Å². The van der Waals surface area contributed by atoms with Crippen LogP contribution in [0.15, 0.2) is 36.7 Å². The molecule has 2 aromatic rings. The van der Waals surface area contributed by atoms with Crippen molar-refractivity contribution >= 4 is 0 Å². The number of rotatable bonds is 0. The second kappa shape index (κ2) is 3.20. The van der Waals surface area contributed by atoms with Crippen molar-refractivity contribution < 1.29 is 0 Å². The molecule has 0 saturated heterocycles. The average Bonchev–Trinajstić information content (AvgIpc) is 2.27. The minimum atomic E-state index is 1.04. The van der Waals surface area contributed by atoms with Crippen LogP contribution in [-0.4, -0.2) is 4.98 Å². The predicted molar refractivity (Wildman–Crippen MR) is 61.0 cm³/mol. The van der Waals surface area contributed by atoms with Gasteiger partial charge in [-0.1, -0.05) is 18.2 Å². The van der Waals surface area contributed by atoms with E-state index in [1.165, 1.54) is 27.8 Å². The fourth-order valence-electron chi connectivity index (χ4n) is 2.36. The third-order valence-electron chi connectivity index (χ3n) is 3.26. The molecule has 0 fully saturated rings. The summed E-state index contributed by atoms with van der Waals surface area (Å²) in [5.74, 6) is 0. The lowest BCUT2D eigenvalue weighted by Crippen LogP contribution is -2.08. The van der Waals surface area contributed by atoms with Gasteiger partial charge in [0.2, 0.25) is 0 Å². The zero-order chi connectivity index (χ0) is 10.3. The highest BCUT2D eigenvalue weighted by molar-refractivity contribution is 5.46. The van der Waals surface area contributed by atoms with Gasteiger partial charge >= 0.3 is 0 Å². The maximum atomic E-state index is 4.19. The normalized spacial score (nSPS) is 13.1. The van der Waals surface area contributed by atoms with Crippen LogP contribution in [0.25, 0.3) is 0 Å². The minimum absolute atomic E-state index is 1.04. The van der Waals surface area contributed by atoms with Gasteiger partial charge in [-0.3, -0.25) is 4.98 Å². The molecule has 1 heterocycles. The molecular weight excluding hydrogens is 182 g/mol. The molecular formula is C14H13N. The highest BCUT2D eigenvalue weighted by Gasteiger charge is 2.15. The number of nitrogens with zero attached hydrogens (tertiary/aromatic N) is 1. The van der Waals surface area contributed by atoms with Crippen LogP contribution >= 0.6 is 0 Å². The fourth-order valence-corrected chi connectivity index (χ4v) is 2.36. The first kappa shape index (κ1) is 8.66. The Morgan fingerprint density at radius 3 is 2.87 bits per heavy atom. The fraction of sp³-hybridized carbons (Fsp3) is 0.214. The van der Waals surface area contributed by atoms with Crippen molar-refractivity contribution in [1.82, 2.24) is 4.98 Å². The van der Waals surface area contributed by atoms with Crippen molar-refractivity contribution in [2.45, 2.75) is 19.8 Å². The maximum Gasteiger partial charge on any atom is 0.0306 e. The lowest BCUT2D eigenvalue weighted by Gasteiger charge is -2.20. The molecule has 0 N–H and O–H groups in total. The lowest BCUT2D eigenvalue weighted by molar-refractivity contribution is 0.969. The van der Waals surface area contributed by atoms with Crippen LogP contribution < -0.4 is 0 Å². The summed E-state index contributed by atoms with van der Waals surface area (Å²) in [4.78, 5) is 4.19. The number of aromatic nitrogens is 1. The predicted octanol–water partition coefficient (Wildman–Crippen LogP) is 2.89. The van der Waals surface area contributed by atoms with E-state index in [2.05, 4.69) is 36.2 Å². The van der Waals surface area contributed by atoms with E-state index in [1.54, 1.807) is 0 Å². The topological polar surface area (TPSA) is 12.9 Å². The highest BCUT2D eigenvalue weighted by Crippen LogP contribution is 2.28. The Kier molecular flexibility index (Phi) is 1.84. The van der Waals surface area contributed by atoms with Crippen LogP contribution in [0.4, 0.5) is 0 Å². The quantitative estimate of drug-likeness (QED) is 0.537. The summed E-state index contributed by atoms with van der Waals surface area (Å²) in [5.41, 5.74) is 7.21. The third kappa shape index (κ3) is 1.35. The van der Waals surface area contributed by atoms with Gasteiger partial charge in [0.15, 0.2) is 0 Å². The molecule has 0 saturated carbocycles. The monoisotopic (exact) mass is 195 g/mol. The smallest absolute Gasteiger partial charge is 0.0306 e. The second-order valence-electron chi connectivity index (χ2n) is 4.21. The van der Waals surface area contributed by atoms with Crippen molar-refractivity contribution in [3.05, 3.63) is 64.5 Å². The van der Waals surface area contributed by atoms with Crippen molar-refractivity contribution in [1.29, 1.82) is 0 Å². The highest BCUT2D eigenvalue weighted by atomic mass is 14.6. The van der Waals surface area contributed by atoms with Crippen LogP contribution in [0.1, 0.15) is 27.8 Å². The zero-order valence-corrected chi connectivity index (χ0v) is 8.83. The molecule has 0 radical (unpaired) electrons. The van der Waals surface area contributed by atoms with E-state index in [1.807, 2.05) is 12.4 Å². The first-order chi connectivity index (χ1) is 7.34. The summed E-state index contributed by atoms with van der Waals surface area (Å²) in [6.07, 6.45) is 6.00. The molecule has 1 aromatic heterocycles. The molecule has 0 spiro atoms. The first-order valence-corrected chi connectivity index (χ1v) is 5.34. The van der Waals surface area contributed by atoms with Crippen molar-refractivity contribution in [2.24, 2.45) is 0 Å². The summed E-state index contributed by atoms with van der Waals surface area (Å²) in [5, 5.41) is 0. The summed E-state index contributed by atoms with van der Waals surface area (Å²) in [6, 6.07) is 8.73. The number of pyridine rings is 1. The van der Waals surface area contributed by atoms with Gasteiger partial charge in [0.1, 0.15) is 0 Å². The van der Waals surface area contributed by atoms with E-state index in [9.17, 15) is 0 Å². The minimum Gasteiger partial charge on any atom is -0.264 e. The lowest BCUT2D eigenvalue weighted by atomic mass is 9.85. The molecule has 1 aliphatic carbocycles. The Hall–Kier alpha value is -1.63. The number of aryl methyl sites for hydroxylation is 1. The van der Waals surface area contributed by atoms with Gasteiger partial charge in [-0.25, -0.2) is 0 Å². The summed E-state index contributed by atoms with van der Waals surface area (Å²) < 4.78 is 0. The largest absolute Gasteiger partial charge is 0.264 e. The summed E-state index contributed by atoms with van der Waals surface area (Å²) in [6.45, 7) is 2.20.